The minimum atomic E-state index is -0.378. The maximum Gasteiger partial charge on any atom is 0.156 e. The fourth-order valence-electron chi connectivity index (χ4n) is 2.83. The first-order valence-corrected chi connectivity index (χ1v) is 4.80. The number of allylic oxidation sites excluding steroid dienone is 2. The van der Waals surface area contributed by atoms with Crippen molar-refractivity contribution in [3.05, 3.63) is 11.6 Å². The fourth-order valence-corrected chi connectivity index (χ4v) is 2.83. The van der Waals surface area contributed by atoms with Gasteiger partial charge in [-0.05, 0) is 39.0 Å². The van der Waals surface area contributed by atoms with E-state index in [4.69, 9.17) is 0 Å². The summed E-state index contributed by atoms with van der Waals surface area (Å²) in [6.45, 7) is 3.18. The number of Topliss-reactive ketones (excluding diaryl/α,β-unsaturated/α-hetero) is 2. The third-order valence-corrected chi connectivity index (χ3v) is 3.52. The molecule has 2 rings (SSSR count). The lowest BCUT2D eigenvalue weighted by Gasteiger charge is -2.25. The van der Waals surface area contributed by atoms with Crippen molar-refractivity contribution in [2.45, 2.75) is 33.1 Å². The molecule has 2 unspecified atom stereocenters. The second-order valence-electron chi connectivity index (χ2n) is 4.28. The predicted molar refractivity (Wildman–Crippen MR) is 49.2 cm³/mol. The normalized spacial score (nSPS) is 36.2. The molecule has 2 aliphatic carbocycles. The lowest BCUT2D eigenvalue weighted by atomic mass is 9.76. The summed E-state index contributed by atoms with van der Waals surface area (Å²) < 4.78 is 0. The van der Waals surface area contributed by atoms with Gasteiger partial charge in [0.25, 0.3) is 0 Å². The van der Waals surface area contributed by atoms with Gasteiger partial charge in [0.15, 0.2) is 5.78 Å². The highest BCUT2D eigenvalue weighted by Crippen LogP contribution is 2.54. The average Bonchev–Trinajstić information content (AvgIpc) is 2.60. The van der Waals surface area contributed by atoms with Crippen molar-refractivity contribution < 1.29 is 9.59 Å². The number of ketones is 2. The van der Waals surface area contributed by atoms with Crippen LogP contribution < -0.4 is 0 Å². The number of hydrogen-bond acceptors (Lipinski definition) is 2. The molecule has 2 atom stereocenters. The molecule has 70 valence electrons. The SMILES string of the molecule is CC(=O)C1=CC2CCC1(C(C)=O)C2. The van der Waals surface area contributed by atoms with E-state index in [9.17, 15) is 9.59 Å². The second-order valence-corrected chi connectivity index (χ2v) is 4.28. The molecule has 0 heterocycles. The number of hydrogen-bond donors (Lipinski definition) is 0. The zero-order valence-corrected chi connectivity index (χ0v) is 8.09. The molecule has 1 saturated carbocycles. The van der Waals surface area contributed by atoms with Crippen LogP contribution in [0.3, 0.4) is 0 Å². The van der Waals surface area contributed by atoms with Crippen LogP contribution in [-0.2, 0) is 9.59 Å². The Morgan fingerprint density at radius 2 is 2.15 bits per heavy atom. The van der Waals surface area contributed by atoms with Crippen molar-refractivity contribution in [3.63, 3.8) is 0 Å². The first-order valence-electron chi connectivity index (χ1n) is 4.80. The van der Waals surface area contributed by atoms with Crippen molar-refractivity contribution in [3.8, 4) is 0 Å². The van der Waals surface area contributed by atoms with Crippen molar-refractivity contribution in [1.29, 1.82) is 0 Å². The fraction of sp³-hybridized carbons (Fsp3) is 0.636. The van der Waals surface area contributed by atoms with Crippen molar-refractivity contribution in [2.24, 2.45) is 11.3 Å². The van der Waals surface area contributed by atoms with Gasteiger partial charge in [0, 0.05) is 5.57 Å². The van der Waals surface area contributed by atoms with Gasteiger partial charge >= 0.3 is 0 Å². The Labute approximate surface area is 78.0 Å². The van der Waals surface area contributed by atoms with Gasteiger partial charge in [0.05, 0.1) is 5.41 Å². The van der Waals surface area contributed by atoms with Crippen LogP contribution in [-0.4, -0.2) is 11.6 Å². The third-order valence-electron chi connectivity index (χ3n) is 3.52. The first kappa shape index (κ1) is 8.67. The van der Waals surface area contributed by atoms with Crippen molar-refractivity contribution in [1.82, 2.24) is 0 Å². The summed E-state index contributed by atoms with van der Waals surface area (Å²) in [5.41, 5.74) is 0.410. The molecule has 0 N–H and O–H groups in total. The highest BCUT2D eigenvalue weighted by atomic mass is 16.1. The first-order chi connectivity index (χ1) is 6.06. The van der Waals surface area contributed by atoms with Crippen LogP contribution in [0.15, 0.2) is 11.6 Å². The van der Waals surface area contributed by atoms with Crippen LogP contribution in [0.5, 0.6) is 0 Å². The van der Waals surface area contributed by atoms with Crippen LogP contribution in [0.1, 0.15) is 33.1 Å². The standard InChI is InChI=1S/C11H14O2/c1-7(12)10-5-9-3-4-11(10,6-9)8(2)13/h5,9H,3-4,6H2,1-2H3. The van der Waals surface area contributed by atoms with Gasteiger partial charge < -0.3 is 0 Å². The zero-order chi connectivity index (χ0) is 9.64. The molecule has 0 spiro atoms. The van der Waals surface area contributed by atoms with Gasteiger partial charge in [-0.15, -0.1) is 0 Å². The van der Waals surface area contributed by atoms with Crippen molar-refractivity contribution >= 4 is 11.6 Å². The predicted octanol–water partition coefficient (Wildman–Crippen LogP) is 1.89. The highest BCUT2D eigenvalue weighted by Gasteiger charge is 2.51. The molecular formula is C11H14O2. The number of rotatable bonds is 2. The third kappa shape index (κ3) is 1.01. The molecular weight excluding hydrogens is 164 g/mol. The molecule has 2 heteroatoms. The summed E-state index contributed by atoms with van der Waals surface area (Å²) in [5, 5.41) is 0. The van der Waals surface area contributed by atoms with Gasteiger partial charge in [-0.2, -0.15) is 0 Å². The summed E-state index contributed by atoms with van der Waals surface area (Å²) in [6.07, 6.45) is 4.87. The van der Waals surface area contributed by atoms with E-state index >= 15 is 0 Å². The highest BCUT2D eigenvalue weighted by molar-refractivity contribution is 6.03. The van der Waals surface area contributed by atoms with Gasteiger partial charge in [-0.3, -0.25) is 9.59 Å². The number of carbonyl (C=O) groups is 2. The molecule has 0 aliphatic heterocycles. The second kappa shape index (κ2) is 2.53. The van der Waals surface area contributed by atoms with Gasteiger partial charge in [0.2, 0.25) is 0 Å². The minimum absolute atomic E-state index is 0.0809. The Bertz CT molecular complexity index is 314. The van der Waals surface area contributed by atoms with Gasteiger partial charge in [-0.1, -0.05) is 6.08 Å². The minimum Gasteiger partial charge on any atom is -0.299 e. The van der Waals surface area contributed by atoms with E-state index in [0.29, 0.717) is 5.92 Å². The Morgan fingerprint density at radius 1 is 1.46 bits per heavy atom. The maximum atomic E-state index is 11.5. The lowest BCUT2D eigenvalue weighted by Crippen LogP contribution is -2.29. The van der Waals surface area contributed by atoms with E-state index in [1.54, 1.807) is 13.8 Å². The monoisotopic (exact) mass is 178 g/mol. The molecule has 1 fully saturated rings. The maximum absolute atomic E-state index is 11.5. The summed E-state index contributed by atoms with van der Waals surface area (Å²) in [4.78, 5) is 22.9. The van der Waals surface area contributed by atoms with Crippen molar-refractivity contribution in [2.75, 3.05) is 0 Å². The van der Waals surface area contributed by atoms with E-state index in [0.717, 1.165) is 24.8 Å². The molecule has 0 radical (unpaired) electrons. The molecule has 2 bridgehead atoms. The van der Waals surface area contributed by atoms with Gasteiger partial charge in [0.1, 0.15) is 5.78 Å². The van der Waals surface area contributed by atoms with Gasteiger partial charge in [-0.25, -0.2) is 0 Å². The molecule has 0 aromatic carbocycles. The Morgan fingerprint density at radius 3 is 2.54 bits per heavy atom. The zero-order valence-electron chi connectivity index (χ0n) is 8.09. The van der Waals surface area contributed by atoms with E-state index < -0.39 is 0 Å². The van der Waals surface area contributed by atoms with E-state index in [1.165, 1.54) is 0 Å². The van der Waals surface area contributed by atoms with E-state index in [-0.39, 0.29) is 17.0 Å². The molecule has 0 saturated heterocycles. The Balaban J connectivity index is 2.44. The van der Waals surface area contributed by atoms with Crippen LogP contribution >= 0.6 is 0 Å². The number of carbonyl (C=O) groups excluding carboxylic acids is 2. The Hall–Kier alpha value is -0.920. The molecule has 0 aromatic rings. The molecule has 0 aromatic heterocycles. The number of fused-ring (bicyclic) bond motifs is 2. The largest absolute Gasteiger partial charge is 0.299 e. The topological polar surface area (TPSA) is 34.1 Å². The summed E-state index contributed by atoms with van der Waals surface area (Å²) >= 11 is 0. The average molecular weight is 178 g/mol. The quantitative estimate of drug-likeness (QED) is 0.647. The summed E-state index contributed by atoms with van der Waals surface area (Å²) in [7, 11) is 0. The van der Waals surface area contributed by atoms with Crippen LogP contribution in [0.4, 0.5) is 0 Å². The van der Waals surface area contributed by atoms with Crippen LogP contribution in [0, 0.1) is 11.3 Å². The van der Waals surface area contributed by atoms with Crippen LogP contribution in [0.2, 0.25) is 0 Å². The molecule has 2 aliphatic rings. The molecule has 2 nitrogen and oxygen atoms in total. The lowest BCUT2D eigenvalue weighted by molar-refractivity contribution is -0.126. The molecule has 13 heavy (non-hydrogen) atoms. The summed E-state index contributed by atoms with van der Waals surface area (Å²) in [5.74, 6) is 0.745. The smallest absolute Gasteiger partial charge is 0.156 e. The van der Waals surface area contributed by atoms with E-state index in [2.05, 4.69) is 0 Å². The Kier molecular flexibility index (Phi) is 1.69. The summed E-state index contributed by atoms with van der Waals surface area (Å²) in [6, 6.07) is 0. The van der Waals surface area contributed by atoms with Crippen LogP contribution in [0.25, 0.3) is 0 Å². The molecule has 0 amide bonds. The van der Waals surface area contributed by atoms with E-state index in [1.807, 2.05) is 6.08 Å².